The molecule has 0 fully saturated rings. The van der Waals surface area contributed by atoms with Gasteiger partial charge in [-0.15, -0.1) is 0 Å². The van der Waals surface area contributed by atoms with Crippen LogP contribution in [0.1, 0.15) is 16.7 Å². The number of ether oxygens (including phenoxy) is 1. The van der Waals surface area contributed by atoms with Crippen LogP contribution in [0.25, 0.3) is 0 Å². The van der Waals surface area contributed by atoms with Crippen molar-refractivity contribution < 1.29 is 4.74 Å². The molecule has 1 unspecified atom stereocenters. The molecule has 19 heavy (non-hydrogen) atoms. The second-order valence-electron chi connectivity index (χ2n) is 5.01. The van der Waals surface area contributed by atoms with E-state index in [0.29, 0.717) is 0 Å². The maximum Gasteiger partial charge on any atom is 0.137 e. The standard InChI is InChI=1S/C16H14BrClO/c1-10-2-4-11(5-3-10)6-14-8-12-7-13(18)9-15(17)16(12)19-14/h2-5,7,9,14H,6,8H2,1H3. The zero-order chi connectivity index (χ0) is 13.4. The molecule has 0 radical (unpaired) electrons. The second kappa shape index (κ2) is 5.18. The van der Waals surface area contributed by atoms with Gasteiger partial charge in [-0.3, -0.25) is 0 Å². The highest BCUT2D eigenvalue weighted by Crippen LogP contribution is 2.39. The molecule has 1 aliphatic rings. The maximum absolute atomic E-state index is 6.07. The van der Waals surface area contributed by atoms with Gasteiger partial charge in [0.1, 0.15) is 11.9 Å². The van der Waals surface area contributed by atoms with Gasteiger partial charge in [0.05, 0.1) is 4.47 Å². The first kappa shape index (κ1) is 13.0. The predicted octanol–water partition coefficient (Wildman–Crippen LogP) is 4.96. The number of fused-ring (bicyclic) bond motifs is 1. The van der Waals surface area contributed by atoms with Crippen LogP contribution in [0.15, 0.2) is 40.9 Å². The molecule has 2 aromatic carbocycles. The summed E-state index contributed by atoms with van der Waals surface area (Å²) < 4.78 is 6.97. The molecule has 3 rings (SSSR count). The average molecular weight is 338 g/mol. The molecule has 0 aromatic heterocycles. The van der Waals surface area contributed by atoms with Crippen molar-refractivity contribution in [3.8, 4) is 5.75 Å². The van der Waals surface area contributed by atoms with E-state index in [1.54, 1.807) is 0 Å². The zero-order valence-corrected chi connectivity index (χ0v) is 13.0. The summed E-state index contributed by atoms with van der Waals surface area (Å²) in [6.07, 6.45) is 2.05. The first-order chi connectivity index (χ1) is 9.11. The molecule has 0 N–H and O–H groups in total. The Morgan fingerprint density at radius 1 is 1.26 bits per heavy atom. The van der Waals surface area contributed by atoms with Gasteiger partial charge in [-0.05, 0) is 40.5 Å². The monoisotopic (exact) mass is 336 g/mol. The fourth-order valence-electron chi connectivity index (χ4n) is 2.45. The molecule has 1 nitrogen and oxygen atoms in total. The van der Waals surface area contributed by atoms with Crippen molar-refractivity contribution >= 4 is 27.5 Å². The van der Waals surface area contributed by atoms with Gasteiger partial charge in [-0.2, -0.15) is 0 Å². The van der Waals surface area contributed by atoms with E-state index in [1.807, 2.05) is 12.1 Å². The van der Waals surface area contributed by atoms with Crippen LogP contribution in [0.2, 0.25) is 5.02 Å². The number of rotatable bonds is 2. The molecule has 2 aromatic rings. The van der Waals surface area contributed by atoms with Gasteiger partial charge in [0, 0.05) is 23.4 Å². The van der Waals surface area contributed by atoms with Crippen LogP contribution in [-0.2, 0) is 12.8 Å². The summed E-state index contributed by atoms with van der Waals surface area (Å²) in [6.45, 7) is 2.10. The van der Waals surface area contributed by atoms with Crippen LogP contribution < -0.4 is 4.74 Å². The fraction of sp³-hybridized carbons (Fsp3) is 0.250. The van der Waals surface area contributed by atoms with E-state index < -0.39 is 0 Å². The largest absolute Gasteiger partial charge is 0.488 e. The van der Waals surface area contributed by atoms with Crippen molar-refractivity contribution in [2.24, 2.45) is 0 Å². The normalized spacial score (nSPS) is 17.1. The number of hydrogen-bond donors (Lipinski definition) is 0. The van der Waals surface area contributed by atoms with Gasteiger partial charge in [-0.25, -0.2) is 0 Å². The van der Waals surface area contributed by atoms with Crippen molar-refractivity contribution in [2.45, 2.75) is 25.9 Å². The van der Waals surface area contributed by atoms with Crippen molar-refractivity contribution in [3.63, 3.8) is 0 Å². The third-order valence-electron chi connectivity index (χ3n) is 3.40. The van der Waals surface area contributed by atoms with Crippen LogP contribution in [0.4, 0.5) is 0 Å². The van der Waals surface area contributed by atoms with Gasteiger partial charge in [0.15, 0.2) is 0 Å². The minimum absolute atomic E-state index is 0.201. The second-order valence-corrected chi connectivity index (χ2v) is 6.30. The molecule has 98 valence electrons. The lowest BCUT2D eigenvalue weighted by molar-refractivity contribution is 0.232. The molecule has 0 saturated heterocycles. The molecule has 0 spiro atoms. The summed E-state index contributed by atoms with van der Waals surface area (Å²) in [6, 6.07) is 12.5. The molecule has 0 saturated carbocycles. The number of aryl methyl sites for hydroxylation is 1. The Bertz CT molecular complexity index is 607. The lowest BCUT2D eigenvalue weighted by Crippen LogP contribution is -2.16. The third kappa shape index (κ3) is 2.80. The summed E-state index contributed by atoms with van der Waals surface area (Å²) >= 11 is 9.58. The summed E-state index contributed by atoms with van der Waals surface area (Å²) in [4.78, 5) is 0. The first-order valence-corrected chi connectivity index (χ1v) is 7.49. The van der Waals surface area contributed by atoms with Crippen LogP contribution in [0.5, 0.6) is 5.75 Å². The van der Waals surface area contributed by atoms with Crippen LogP contribution in [0.3, 0.4) is 0 Å². The highest BCUT2D eigenvalue weighted by molar-refractivity contribution is 9.10. The van der Waals surface area contributed by atoms with E-state index in [4.69, 9.17) is 16.3 Å². The van der Waals surface area contributed by atoms with Gasteiger partial charge in [-0.1, -0.05) is 41.4 Å². The lowest BCUT2D eigenvalue weighted by Gasteiger charge is -2.11. The molecule has 1 heterocycles. The summed E-state index contributed by atoms with van der Waals surface area (Å²) in [7, 11) is 0. The van der Waals surface area contributed by atoms with Gasteiger partial charge >= 0.3 is 0 Å². The Kier molecular flexibility index (Phi) is 3.55. The quantitative estimate of drug-likeness (QED) is 0.753. The van der Waals surface area contributed by atoms with E-state index in [1.165, 1.54) is 16.7 Å². The Morgan fingerprint density at radius 3 is 2.74 bits per heavy atom. The molecule has 3 heteroatoms. The summed E-state index contributed by atoms with van der Waals surface area (Å²) in [5, 5.41) is 0.755. The van der Waals surface area contributed by atoms with Crippen molar-refractivity contribution in [3.05, 3.63) is 62.6 Å². The Hall–Kier alpha value is -0.990. The maximum atomic E-state index is 6.07. The molecular weight excluding hydrogens is 324 g/mol. The third-order valence-corrected chi connectivity index (χ3v) is 4.21. The minimum atomic E-state index is 0.201. The molecular formula is C16H14BrClO. The molecule has 0 bridgehead atoms. The molecule has 0 amide bonds. The number of hydrogen-bond acceptors (Lipinski definition) is 1. The van der Waals surface area contributed by atoms with Crippen molar-refractivity contribution in [2.75, 3.05) is 0 Å². The highest BCUT2D eigenvalue weighted by Gasteiger charge is 2.25. The van der Waals surface area contributed by atoms with Crippen molar-refractivity contribution in [1.29, 1.82) is 0 Å². The SMILES string of the molecule is Cc1ccc(CC2Cc3cc(Cl)cc(Br)c3O2)cc1. The van der Waals surface area contributed by atoms with Crippen LogP contribution in [0, 0.1) is 6.92 Å². The summed E-state index contributed by atoms with van der Waals surface area (Å²) in [5.41, 5.74) is 3.79. The highest BCUT2D eigenvalue weighted by atomic mass is 79.9. The zero-order valence-electron chi connectivity index (χ0n) is 10.6. The summed E-state index contributed by atoms with van der Waals surface area (Å²) in [5.74, 6) is 0.946. The van der Waals surface area contributed by atoms with Crippen molar-refractivity contribution in [1.82, 2.24) is 0 Å². The van der Waals surface area contributed by atoms with Crippen LogP contribution >= 0.6 is 27.5 Å². The molecule has 1 atom stereocenters. The number of benzene rings is 2. The Morgan fingerprint density at radius 2 is 2.00 bits per heavy atom. The first-order valence-electron chi connectivity index (χ1n) is 6.32. The van der Waals surface area contributed by atoms with E-state index in [9.17, 15) is 0 Å². The fourth-order valence-corrected chi connectivity index (χ4v) is 3.42. The van der Waals surface area contributed by atoms with E-state index >= 15 is 0 Å². The smallest absolute Gasteiger partial charge is 0.137 e. The average Bonchev–Trinajstić information content (AvgIpc) is 2.75. The van der Waals surface area contributed by atoms with Gasteiger partial charge in [0.25, 0.3) is 0 Å². The van der Waals surface area contributed by atoms with E-state index in [-0.39, 0.29) is 6.10 Å². The van der Waals surface area contributed by atoms with Gasteiger partial charge < -0.3 is 4.74 Å². The molecule has 0 aliphatic carbocycles. The minimum Gasteiger partial charge on any atom is -0.488 e. The van der Waals surface area contributed by atoms with Gasteiger partial charge in [0.2, 0.25) is 0 Å². The molecule has 1 aliphatic heterocycles. The predicted molar refractivity (Wildman–Crippen MR) is 82.2 cm³/mol. The van der Waals surface area contributed by atoms with Crippen LogP contribution in [-0.4, -0.2) is 6.10 Å². The van der Waals surface area contributed by atoms with E-state index in [2.05, 4.69) is 47.1 Å². The Labute approximate surface area is 126 Å². The topological polar surface area (TPSA) is 9.23 Å². The Balaban J connectivity index is 1.77. The van der Waals surface area contributed by atoms with E-state index in [0.717, 1.165) is 28.1 Å². The lowest BCUT2D eigenvalue weighted by atomic mass is 10.0. The number of halogens is 2.